The van der Waals surface area contributed by atoms with Crippen LogP contribution < -0.4 is 10.5 Å². The van der Waals surface area contributed by atoms with Gasteiger partial charge in [0.25, 0.3) is 5.91 Å². The highest BCUT2D eigenvalue weighted by molar-refractivity contribution is 7.90. The van der Waals surface area contributed by atoms with Crippen molar-refractivity contribution in [3.63, 3.8) is 0 Å². The largest absolute Gasteiger partial charge is 0.317 e. The van der Waals surface area contributed by atoms with Crippen molar-refractivity contribution >= 4 is 40.7 Å². The molecule has 0 heterocycles. The number of rotatable bonds is 4. The zero-order valence-corrected chi connectivity index (χ0v) is 12.0. The van der Waals surface area contributed by atoms with E-state index < -0.39 is 21.5 Å². The summed E-state index contributed by atoms with van der Waals surface area (Å²) in [5.74, 6) is -0.395. The zero-order valence-electron chi connectivity index (χ0n) is 9.51. The van der Waals surface area contributed by atoms with E-state index >= 15 is 0 Å². The highest BCUT2D eigenvalue weighted by Gasteiger charge is 2.57. The first-order chi connectivity index (χ1) is 6.90. The molecule has 2 atom stereocenters. The quantitative estimate of drug-likeness (QED) is 0.794. The lowest BCUT2D eigenvalue weighted by Gasteiger charge is -2.11. The summed E-state index contributed by atoms with van der Waals surface area (Å²) in [6.45, 7) is 1.95. The Morgan fingerprint density at radius 1 is 1.41 bits per heavy atom. The van der Waals surface area contributed by atoms with Gasteiger partial charge in [-0.2, -0.15) is 0 Å². The van der Waals surface area contributed by atoms with Gasteiger partial charge in [0.15, 0.2) is 0 Å². The van der Waals surface area contributed by atoms with E-state index in [1.165, 1.54) is 0 Å². The maximum Gasteiger partial charge on any atom is 0.253 e. The van der Waals surface area contributed by atoms with Gasteiger partial charge in [0.1, 0.15) is 0 Å². The molecular formula is C9H18Cl2N2O3S. The van der Waals surface area contributed by atoms with Crippen LogP contribution in [0.4, 0.5) is 0 Å². The Kier molecular flexibility index (Phi) is 5.29. The molecule has 0 spiro atoms. The lowest BCUT2D eigenvalue weighted by molar-refractivity contribution is -0.121. The van der Waals surface area contributed by atoms with E-state index in [2.05, 4.69) is 4.72 Å². The van der Waals surface area contributed by atoms with Gasteiger partial charge >= 0.3 is 0 Å². The van der Waals surface area contributed by atoms with E-state index in [4.69, 9.17) is 5.73 Å². The number of nitrogens with one attached hydrogen (secondary N) is 1. The number of sulfonamides is 1. The van der Waals surface area contributed by atoms with Crippen molar-refractivity contribution in [2.75, 3.05) is 0 Å². The Morgan fingerprint density at radius 2 is 1.94 bits per heavy atom. The van der Waals surface area contributed by atoms with Crippen molar-refractivity contribution in [3.05, 3.63) is 0 Å². The van der Waals surface area contributed by atoms with Gasteiger partial charge in [0, 0.05) is 0 Å². The van der Waals surface area contributed by atoms with Crippen molar-refractivity contribution in [2.24, 2.45) is 11.7 Å². The molecule has 17 heavy (non-hydrogen) atoms. The van der Waals surface area contributed by atoms with Gasteiger partial charge in [-0.05, 0) is 25.2 Å². The van der Waals surface area contributed by atoms with E-state index in [0.717, 1.165) is 6.42 Å². The Bertz CT molecular complexity index is 397. The maximum absolute atomic E-state index is 11.6. The number of nitrogens with two attached hydrogens (primary N) is 1. The van der Waals surface area contributed by atoms with Crippen LogP contribution >= 0.6 is 24.8 Å². The lowest BCUT2D eigenvalue weighted by atomic mass is 10.2. The van der Waals surface area contributed by atoms with Gasteiger partial charge in [-0.1, -0.05) is 13.3 Å². The standard InChI is InChI=1S/C9H16N2O3S.2ClH/c1-2-6-5-9(6,10)8(12)11-15(13,14)7-3-4-7;;/h6-7H,2-5,10H2,1H3,(H,11,12);2*1H. The fraction of sp³-hybridized carbons (Fsp3) is 0.889. The van der Waals surface area contributed by atoms with Gasteiger partial charge in [-0.15, -0.1) is 24.8 Å². The minimum absolute atomic E-state index is 0. The van der Waals surface area contributed by atoms with Crippen LogP contribution in [0, 0.1) is 5.92 Å². The minimum atomic E-state index is -3.44. The number of halogens is 2. The first-order valence-electron chi connectivity index (χ1n) is 5.25. The molecule has 0 aliphatic heterocycles. The molecule has 2 aliphatic rings. The van der Waals surface area contributed by atoms with E-state index in [0.29, 0.717) is 19.3 Å². The highest BCUT2D eigenvalue weighted by Crippen LogP contribution is 2.43. The van der Waals surface area contributed by atoms with Gasteiger partial charge in [-0.3, -0.25) is 9.52 Å². The summed E-state index contributed by atoms with van der Waals surface area (Å²) < 4.78 is 25.1. The molecule has 0 bridgehead atoms. The topological polar surface area (TPSA) is 89.3 Å². The third kappa shape index (κ3) is 3.24. The van der Waals surface area contributed by atoms with Gasteiger partial charge in [-0.25, -0.2) is 8.42 Å². The highest BCUT2D eigenvalue weighted by atomic mass is 35.5. The summed E-state index contributed by atoms with van der Waals surface area (Å²) in [6, 6.07) is 0. The average molecular weight is 305 g/mol. The fourth-order valence-electron chi connectivity index (χ4n) is 1.82. The Balaban J connectivity index is 0.00000128. The normalized spacial score (nSPS) is 30.8. The number of hydrogen-bond acceptors (Lipinski definition) is 4. The molecule has 2 aliphatic carbocycles. The molecule has 2 saturated carbocycles. The summed E-state index contributed by atoms with van der Waals surface area (Å²) in [7, 11) is -3.44. The predicted octanol–water partition coefficient (Wildman–Crippen LogP) is 0.566. The molecule has 0 saturated heterocycles. The van der Waals surface area contributed by atoms with Crippen molar-refractivity contribution < 1.29 is 13.2 Å². The number of carbonyl (C=O) groups is 1. The Hall–Kier alpha value is -0.0400. The molecule has 8 heteroatoms. The van der Waals surface area contributed by atoms with Crippen molar-refractivity contribution in [1.82, 2.24) is 4.72 Å². The van der Waals surface area contributed by atoms with Crippen LogP contribution in [-0.4, -0.2) is 25.1 Å². The lowest BCUT2D eigenvalue weighted by Crippen LogP contribution is -2.47. The second-order valence-corrected chi connectivity index (χ2v) is 6.49. The van der Waals surface area contributed by atoms with Crippen LogP contribution in [0.1, 0.15) is 32.6 Å². The smallest absolute Gasteiger partial charge is 0.253 e. The molecule has 2 rings (SSSR count). The second-order valence-electron chi connectivity index (χ2n) is 4.53. The van der Waals surface area contributed by atoms with Crippen LogP contribution in [-0.2, 0) is 14.8 Å². The zero-order chi connectivity index (χ0) is 11.3. The first kappa shape index (κ1) is 17.0. The molecule has 1 amide bonds. The van der Waals surface area contributed by atoms with Gasteiger partial charge < -0.3 is 5.73 Å². The molecule has 102 valence electrons. The molecular weight excluding hydrogens is 287 g/mol. The maximum atomic E-state index is 11.6. The number of amides is 1. The summed E-state index contributed by atoms with van der Waals surface area (Å²) in [5.41, 5.74) is 4.86. The molecule has 2 fully saturated rings. The molecule has 0 aromatic heterocycles. The van der Waals surface area contributed by atoms with Crippen molar-refractivity contribution in [3.8, 4) is 0 Å². The fourth-order valence-corrected chi connectivity index (χ4v) is 3.19. The third-order valence-corrected chi connectivity index (χ3v) is 5.09. The molecule has 2 unspecified atom stereocenters. The van der Waals surface area contributed by atoms with Crippen LogP contribution in [0.2, 0.25) is 0 Å². The molecule has 5 nitrogen and oxygen atoms in total. The SMILES string of the molecule is CCC1CC1(N)C(=O)NS(=O)(=O)C1CC1.Cl.Cl. The first-order valence-corrected chi connectivity index (χ1v) is 6.79. The minimum Gasteiger partial charge on any atom is -0.317 e. The van der Waals surface area contributed by atoms with Crippen LogP contribution in [0.3, 0.4) is 0 Å². The predicted molar refractivity (Wildman–Crippen MR) is 69.9 cm³/mol. The van der Waals surface area contributed by atoms with Crippen molar-refractivity contribution in [2.45, 2.75) is 43.4 Å². The van der Waals surface area contributed by atoms with E-state index in [1.54, 1.807) is 0 Å². The van der Waals surface area contributed by atoms with Crippen molar-refractivity contribution in [1.29, 1.82) is 0 Å². The average Bonchev–Trinajstić information content (AvgIpc) is 2.97. The molecule has 3 N–H and O–H groups in total. The van der Waals surface area contributed by atoms with E-state index in [9.17, 15) is 13.2 Å². The van der Waals surface area contributed by atoms with Crippen LogP contribution in [0.25, 0.3) is 0 Å². The molecule has 0 radical (unpaired) electrons. The number of carbonyl (C=O) groups excluding carboxylic acids is 1. The summed E-state index contributed by atoms with van der Waals surface area (Å²) in [4.78, 5) is 11.6. The van der Waals surface area contributed by atoms with Crippen LogP contribution in [0.5, 0.6) is 0 Å². The summed E-state index contributed by atoms with van der Waals surface area (Å²) in [5, 5.41) is -0.371. The monoisotopic (exact) mass is 304 g/mol. The van der Waals surface area contributed by atoms with E-state index in [-0.39, 0.29) is 36.0 Å². The Morgan fingerprint density at radius 3 is 2.29 bits per heavy atom. The summed E-state index contributed by atoms with van der Waals surface area (Å²) in [6.07, 6.45) is 2.71. The van der Waals surface area contributed by atoms with E-state index in [1.807, 2.05) is 6.92 Å². The molecule has 0 aromatic carbocycles. The van der Waals surface area contributed by atoms with Crippen LogP contribution in [0.15, 0.2) is 0 Å². The number of hydrogen-bond donors (Lipinski definition) is 2. The summed E-state index contributed by atoms with van der Waals surface area (Å²) >= 11 is 0. The van der Waals surface area contributed by atoms with Gasteiger partial charge in [0.05, 0.1) is 10.8 Å². The Labute approximate surface area is 114 Å². The van der Waals surface area contributed by atoms with Gasteiger partial charge in [0.2, 0.25) is 10.0 Å². The molecule has 0 aromatic rings. The third-order valence-electron chi connectivity index (χ3n) is 3.27. The second kappa shape index (κ2) is 5.30.